The van der Waals surface area contributed by atoms with Crippen LogP contribution >= 0.6 is 0 Å². The highest BCUT2D eigenvalue weighted by Gasteiger charge is 2.34. The number of hydrogen-bond donors (Lipinski definition) is 1. The van der Waals surface area contributed by atoms with E-state index < -0.39 is 11.7 Å². The number of benzene rings is 1. The lowest BCUT2D eigenvalue weighted by atomic mass is 10.1. The second kappa shape index (κ2) is 7.38. The highest BCUT2D eigenvalue weighted by molar-refractivity contribution is 5.35. The molecular weight excluding hydrogens is 255 g/mol. The highest BCUT2D eigenvalue weighted by Crippen LogP contribution is 2.36. The van der Waals surface area contributed by atoms with Gasteiger partial charge in [-0.25, -0.2) is 0 Å². The number of para-hydroxylation sites is 1. The van der Waals surface area contributed by atoms with Gasteiger partial charge < -0.3 is 10.1 Å². The fourth-order valence-corrected chi connectivity index (χ4v) is 1.87. The first kappa shape index (κ1) is 15.8. The SMILES string of the molecule is CCCC(CCNC)Oc1ccccc1C(F)(F)F. The van der Waals surface area contributed by atoms with Crippen LogP contribution in [0.25, 0.3) is 0 Å². The molecule has 0 aliphatic heterocycles. The molecule has 1 N–H and O–H groups in total. The van der Waals surface area contributed by atoms with Gasteiger partial charge in [0.05, 0.1) is 11.7 Å². The molecule has 0 amide bonds. The minimum Gasteiger partial charge on any atom is -0.490 e. The maximum Gasteiger partial charge on any atom is 0.419 e. The van der Waals surface area contributed by atoms with Crippen LogP contribution in [0.1, 0.15) is 31.7 Å². The minimum atomic E-state index is -4.38. The van der Waals surface area contributed by atoms with E-state index in [1.54, 1.807) is 6.07 Å². The molecule has 1 atom stereocenters. The fourth-order valence-electron chi connectivity index (χ4n) is 1.87. The van der Waals surface area contributed by atoms with Gasteiger partial charge in [-0.05, 0) is 38.6 Å². The number of alkyl halides is 3. The second-order valence-corrected chi connectivity index (χ2v) is 4.41. The zero-order valence-corrected chi connectivity index (χ0v) is 11.3. The topological polar surface area (TPSA) is 21.3 Å². The van der Waals surface area contributed by atoms with Crippen LogP contribution in [0.3, 0.4) is 0 Å². The Kier molecular flexibility index (Phi) is 6.15. The van der Waals surface area contributed by atoms with Crippen molar-refractivity contribution in [1.82, 2.24) is 5.32 Å². The van der Waals surface area contributed by atoms with Crippen LogP contribution < -0.4 is 10.1 Å². The molecule has 0 aliphatic rings. The summed E-state index contributed by atoms with van der Waals surface area (Å²) in [4.78, 5) is 0. The standard InChI is InChI=1S/C14H20F3NO/c1-3-6-11(9-10-18-2)19-13-8-5-4-7-12(13)14(15,16)17/h4-5,7-8,11,18H,3,6,9-10H2,1-2H3. The fraction of sp³-hybridized carbons (Fsp3) is 0.571. The molecule has 1 aromatic carbocycles. The summed E-state index contributed by atoms with van der Waals surface area (Å²) >= 11 is 0. The molecule has 0 aromatic heterocycles. The van der Waals surface area contributed by atoms with Crippen molar-refractivity contribution in [3.8, 4) is 5.75 Å². The van der Waals surface area contributed by atoms with Crippen molar-refractivity contribution in [3.63, 3.8) is 0 Å². The number of rotatable bonds is 7. The van der Waals surface area contributed by atoms with E-state index in [1.165, 1.54) is 12.1 Å². The Morgan fingerprint density at radius 2 is 1.89 bits per heavy atom. The van der Waals surface area contributed by atoms with E-state index in [2.05, 4.69) is 5.32 Å². The molecule has 0 bridgehead atoms. The molecule has 108 valence electrons. The zero-order valence-electron chi connectivity index (χ0n) is 11.3. The second-order valence-electron chi connectivity index (χ2n) is 4.41. The summed E-state index contributed by atoms with van der Waals surface area (Å²) in [6, 6.07) is 5.37. The quantitative estimate of drug-likeness (QED) is 0.815. The zero-order chi connectivity index (χ0) is 14.3. The van der Waals surface area contributed by atoms with Crippen LogP contribution in [0.5, 0.6) is 5.75 Å². The van der Waals surface area contributed by atoms with Crippen molar-refractivity contribution < 1.29 is 17.9 Å². The van der Waals surface area contributed by atoms with Crippen molar-refractivity contribution >= 4 is 0 Å². The average molecular weight is 275 g/mol. The largest absolute Gasteiger partial charge is 0.490 e. The van der Waals surface area contributed by atoms with E-state index in [0.717, 1.165) is 25.5 Å². The Morgan fingerprint density at radius 3 is 2.47 bits per heavy atom. The third-order valence-electron chi connectivity index (χ3n) is 2.81. The minimum absolute atomic E-state index is 0.0791. The molecule has 5 heteroatoms. The maximum atomic E-state index is 12.8. The van der Waals surface area contributed by atoms with Gasteiger partial charge in [0.25, 0.3) is 0 Å². The van der Waals surface area contributed by atoms with E-state index in [4.69, 9.17) is 4.74 Å². The van der Waals surface area contributed by atoms with Crippen molar-refractivity contribution in [2.45, 2.75) is 38.5 Å². The van der Waals surface area contributed by atoms with Crippen molar-refractivity contribution in [1.29, 1.82) is 0 Å². The molecule has 2 nitrogen and oxygen atoms in total. The van der Waals surface area contributed by atoms with Gasteiger partial charge in [0.15, 0.2) is 0 Å². The monoisotopic (exact) mass is 275 g/mol. The van der Waals surface area contributed by atoms with E-state index >= 15 is 0 Å². The lowest BCUT2D eigenvalue weighted by Crippen LogP contribution is -2.23. The lowest BCUT2D eigenvalue weighted by molar-refractivity contribution is -0.139. The number of hydrogen-bond acceptors (Lipinski definition) is 2. The molecule has 0 heterocycles. The summed E-state index contributed by atoms with van der Waals surface area (Å²) in [5.41, 5.74) is -0.708. The highest BCUT2D eigenvalue weighted by atomic mass is 19.4. The van der Waals surface area contributed by atoms with E-state index in [9.17, 15) is 13.2 Å². The third kappa shape index (κ3) is 5.11. The Balaban J connectivity index is 2.83. The molecule has 0 saturated heterocycles. The molecule has 0 aliphatic carbocycles. The predicted molar refractivity (Wildman–Crippen MR) is 69.3 cm³/mol. The lowest BCUT2D eigenvalue weighted by Gasteiger charge is -2.21. The molecule has 0 saturated carbocycles. The summed E-state index contributed by atoms with van der Waals surface area (Å²) in [6.07, 6.45) is -2.26. The molecular formula is C14H20F3NO. The first-order chi connectivity index (χ1) is 8.99. The van der Waals surface area contributed by atoms with Gasteiger partial charge in [0, 0.05) is 0 Å². The molecule has 19 heavy (non-hydrogen) atoms. The van der Waals surface area contributed by atoms with E-state index in [0.29, 0.717) is 6.42 Å². The van der Waals surface area contributed by atoms with Gasteiger partial charge >= 0.3 is 6.18 Å². The Labute approximate surface area is 112 Å². The van der Waals surface area contributed by atoms with Gasteiger partial charge in [-0.15, -0.1) is 0 Å². The number of halogens is 3. The average Bonchev–Trinajstić information content (AvgIpc) is 2.35. The molecule has 0 spiro atoms. The number of nitrogens with one attached hydrogen (secondary N) is 1. The Hall–Kier alpha value is -1.23. The normalized spacial score (nSPS) is 13.3. The Bertz CT molecular complexity index is 379. The van der Waals surface area contributed by atoms with E-state index in [-0.39, 0.29) is 11.9 Å². The smallest absolute Gasteiger partial charge is 0.419 e. The summed E-state index contributed by atoms with van der Waals surface area (Å²) < 4.78 is 44.1. The van der Waals surface area contributed by atoms with Gasteiger partial charge in [-0.3, -0.25) is 0 Å². The van der Waals surface area contributed by atoms with Crippen molar-refractivity contribution in [3.05, 3.63) is 29.8 Å². The van der Waals surface area contributed by atoms with Crippen LogP contribution in [0, 0.1) is 0 Å². The van der Waals surface area contributed by atoms with Crippen molar-refractivity contribution in [2.24, 2.45) is 0 Å². The molecule has 1 aromatic rings. The third-order valence-corrected chi connectivity index (χ3v) is 2.81. The summed E-state index contributed by atoms with van der Waals surface area (Å²) in [5.74, 6) is -0.0791. The molecule has 1 unspecified atom stereocenters. The van der Waals surface area contributed by atoms with Crippen molar-refractivity contribution in [2.75, 3.05) is 13.6 Å². The van der Waals surface area contributed by atoms with Crippen LogP contribution in [0.4, 0.5) is 13.2 Å². The molecule has 0 fully saturated rings. The van der Waals surface area contributed by atoms with Gasteiger partial charge in [0.1, 0.15) is 5.75 Å². The van der Waals surface area contributed by atoms with Crippen LogP contribution in [0.2, 0.25) is 0 Å². The van der Waals surface area contributed by atoms with Crippen LogP contribution in [-0.4, -0.2) is 19.7 Å². The summed E-state index contributed by atoms with van der Waals surface area (Å²) in [7, 11) is 1.81. The van der Waals surface area contributed by atoms with Gasteiger partial charge in [-0.1, -0.05) is 25.5 Å². The van der Waals surface area contributed by atoms with Crippen LogP contribution in [-0.2, 0) is 6.18 Å². The number of ether oxygens (including phenoxy) is 1. The Morgan fingerprint density at radius 1 is 1.21 bits per heavy atom. The summed E-state index contributed by atoms with van der Waals surface area (Å²) in [6.45, 7) is 2.71. The first-order valence-electron chi connectivity index (χ1n) is 6.46. The summed E-state index contributed by atoms with van der Waals surface area (Å²) in [5, 5.41) is 2.98. The molecule has 1 rings (SSSR count). The van der Waals surface area contributed by atoms with E-state index in [1.807, 2.05) is 14.0 Å². The predicted octanol–water partition coefficient (Wildman–Crippen LogP) is 3.86. The van der Waals surface area contributed by atoms with Gasteiger partial charge in [-0.2, -0.15) is 13.2 Å². The maximum absolute atomic E-state index is 12.8. The first-order valence-corrected chi connectivity index (χ1v) is 6.46. The molecule has 0 radical (unpaired) electrons. The van der Waals surface area contributed by atoms with Gasteiger partial charge in [0.2, 0.25) is 0 Å². The van der Waals surface area contributed by atoms with Crippen LogP contribution in [0.15, 0.2) is 24.3 Å².